The molecule has 132 valence electrons. The Bertz CT molecular complexity index is 894. The second-order valence-electron chi connectivity index (χ2n) is 5.84. The number of hydrogen-bond acceptors (Lipinski definition) is 4. The molecule has 3 rings (SSSR count). The van der Waals surface area contributed by atoms with Gasteiger partial charge in [0.2, 0.25) is 5.91 Å². The van der Waals surface area contributed by atoms with Crippen LogP contribution in [0.25, 0.3) is 0 Å². The average Bonchev–Trinajstić information content (AvgIpc) is 3.03. The molecule has 1 heterocycles. The summed E-state index contributed by atoms with van der Waals surface area (Å²) in [5.74, 6) is 0.293. The van der Waals surface area contributed by atoms with Crippen LogP contribution in [0.4, 0.5) is 5.69 Å². The summed E-state index contributed by atoms with van der Waals surface area (Å²) in [7, 11) is -2.07. The molecule has 0 spiro atoms. The van der Waals surface area contributed by atoms with Gasteiger partial charge in [-0.15, -0.1) is 0 Å². The number of rotatable bonds is 5. The summed E-state index contributed by atoms with van der Waals surface area (Å²) in [5, 5.41) is 0.299. The van der Waals surface area contributed by atoms with Gasteiger partial charge in [0, 0.05) is 18.7 Å². The van der Waals surface area contributed by atoms with Crippen molar-refractivity contribution in [2.75, 3.05) is 18.6 Å². The Morgan fingerprint density at radius 1 is 1.16 bits per heavy atom. The predicted octanol–water partition coefficient (Wildman–Crippen LogP) is 3.45. The van der Waals surface area contributed by atoms with Crippen LogP contribution in [0.3, 0.4) is 0 Å². The third-order valence-electron chi connectivity index (χ3n) is 4.19. The largest absolute Gasteiger partial charge is 0.495 e. The summed E-state index contributed by atoms with van der Waals surface area (Å²) >= 11 is 6.20. The summed E-state index contributed by atoms with van der Waals surface area (Å²) in [6.45, 7) is 0.671. The normalized spacial score (nSPS) is 14.8. The van der Waals surface area contributed by atoms with E-state index in [0.717, 1.165) is 12.1 Å². The smallest absolute Gasteiger partial charge is 0.227 e. The van der Waals surface area contributed by atoms with Crippen LogP contribution in [-0.4, -0.2) is 28.0 Å². The lowest BCUT2D eigenvalue weighted by atomic mass is 10.2. The van der Waals surface area contributed by atoms with Crippen LogP contribution in [0.2, 0.25) is 5.02 Å². The first-order valence-electron chi connectivity index (χ1n) is 7.87. The number of carbonyl (C=O) groups is 1. The highest BCUT2D eigenvalue weighted by Crippen LogP contribution is 2.31. The van der Waals surface area contributed by atoms with Crippen molar-refractivity contribution in [2.45, 2.75) is 23.5 Å². The van der Waals surface area contributed by atoms with Gasteiger partial charge in [0.25, 0.3) is 0 Å². The molecule has 1 saturated heterocycles. The van der Waals surface area contributed by atoms with Crippen LogP contribution in [0.15, 0.2) is 47.4 Å². The van der Waals surface area contributed by atoms with Crippen molar-refractivity contribution in [3.05, 3.63) is 53.1 Å². The molecular weight excluding hydrogens is 362 g/mol. The standard InChI is InChI=1S/C18H18ClNO4S/c1-24-16-5-2-4-13(18(16)19)12-25(22,23)15-9-7-14(8-10-15)20-11-3-6-17(20)21/h2,4-5,7-10H,3,6,11-12H2,1H3. The van der Waals surface area contributed by atoms with Crippen LogP contribution in [-0.2, 0) is 20.4 Å². The second kappa shape index (κ2) is 7.06. The molecule has 0 aliphatic carbocycles. The molecule has 0 bridgehead atoms. The summed E-state index contributed by atoms with van der Waals surface area (Å²) < 4.78 is 30.5. The molecular formula is C18H18ClNO4S. The van der Waals surface area contributed by atoms with Gasteiger partial charge < -0.3 is 9.64 Å². The number of ether oxygens (including phenoxy) is 1. The van der Waals surface area contributed by atoms with Crippen LogP contribution in [0.1, 0.15) is 18.4 Å². The van der Waals surface area contributed by atoms with E-state index < -0.39 is 9.84 Å². The summed E-state index contributed by atoms with van der Waals surface area (Å²) in [5.41, 5.74) is 1.21. The monoisotopic (exact) mass is 379 g/mol. The molecule has 0 aromatic heterocycles. The van der Waals surface area contributed by atoms with Crippen LogP contribution in [0.5, 0.6) is 5.75 Å². The van der Waals surface area contributed by atoms with Gasteiger partial charge in [-0.3, -0.25) is 4.79 Å². The van der Waals surface area contributed by atoms with Crippen molar-refractivity contribution in [1.82, 2.24) is 0 Å². The van der Waals surface area contributed by atoms with Gasteiger partial charge in [0.1, 0.15) is 5.75 Å². The van der Waals surface area contributed by atoms with Crippen molar-refractivity contribution in [3.63, 3.8) is 0 Å². The lowest BCUT2D eigenvalue weighted by Gasteiger charge is -2.16. The van der Waals surface area contributed by atoms with E-state index >= 15 is 0 Å². The number of halogens is 1. The first kappa shape index (κ1) is 17.8. The number of methoxy groups -OCH3 is 1. The lowest BCUT2D eigenvalue weighted by Crippen LogP contribution is -2.23. The van der Waals surface area contributed by atoms with Gasteiger partial charge in [-0.2, -0.15) is 0 Å². The molecule has 25 heavy (non-hydrogen) atoms. The first-order chi connectivity index (χ1) is 11.9. The van der Waals surface area contributed by atoms with E-state index in [2.05, 4.69) is 0 Å². The Morgan fingerprint density at radius 3 is 2.48 bits per heavy atom. The fourth-order valence-electron chi connectivity index (χ4n) is 2.87. The van der Waals surface area contributed by atoms with Crippen LogP contribution >= 0.6 is 11.6 Å². The SMILES string of the molecule is COc1cccc(CS(=O)(=O)c2ccc(N3CCCC3=O)cc2)c1Cl. The average molecular weight is 380 g/mol. The van der Waals surface area contributed by atoms with Gasteiger partial charge in [-0.05, 0) is 42.3 Å². The zero-order valence-corrected chi connectivity index (χ0v) is 15.3. The summed E-state index contributed by atoms with van der Waals surface area (Å²) in [6.07, 6.45) is 1.36. The van der Waals surface area contributed by atoms with Crippen molar-refractivity contribution in [2.24, 2.45) is 0 Å². The fourth-order valence-corrected chi connectivity index (χ4v) is 4.58. The highest BCUT2D eigenvalue weighted by molar-refractivity contribution is 7.90. The Morgan fingerprint density at radius 2 is 1.88 bits per heavy atom. The molecule has 0 atom stereocenters. The van der Waals surface area contributed by atoms with Crippen LogP contribution in [0, 0.1) is 0 Å². The number of benzene rings is 2. The zero-order valence-electron chi connectivity index (χ0n) is 13.7. The molecule has 5 nitrogen and oxygen atoms in total. The molecule has 0 unspecified atom stereocenters. The molecule has 1 amide bonds. The zero-order chi connectivity index (χ0) is 18.0. The molecule has 1 aliphatic heterocycles. The van der Waals surface area contributed by atoms with Gasteiger partial charge in [-0.1, -0.05) is 23.7 Å². The molecule has 1 fully saturated rings. The third kappa shape index (κ3) is 3.65. The van der Waals surface area contributed by atoms with Crippen LogP contribution < -0.4 is 9.64 Å². The Kier molecular flexibility index (Phi) is 5.01. The topological polar surface area (TPSA) is 63.7 Å². The quantitative estimate of drug-likeness (QED) is 0.798. The van der Waals surface area contributed by atoms with E-state index in [1.807, 2.05) is 0 Å². The van der Waals surface area contributed by atoms with E-state index in [4.69, 9.17) is 16.3 Å². The second-order valence-corrected chi connectivity index (χ2v) is 8.20. The Hall–Kier alpha value is -2.05. The Balaban J connectivity index is 1.84. The van der Waals surface area contributed by atoms with Gasteiger partial charge in [0.05, 0.1) is 22.8 Å². The number of sulfone groups is 1. The third-order valence-corrected chi connectivity index (χ3v) is 6.30. The maximum absolute atomic E-state index is 12.7. The van der Waals surface area contributed by atoms with E-state index in [9.17, 15) is 13.2 Å². The fraction of sp³-hybridized carbons (Fsp3) is 0.278. The Labute approximate surface area is 152 Å². The highest BCUT2D eigenvalue weighted by atomic mass is 35.5. The number of amides is 1. The van der Waals surface area contributed by atoms with E-state index in [-0.39, 0.29) is 16.6 Å². The number of anilines is 1. The van der Waals surface area contributed by atoms with Gasteiger partial charge >= 0.3 is 0 Å². The molecule has 0 saturated carbocycles. The number of carbonyl (C=O) groups excluding carboxylic acids is 1. The van der Waals surface area contributed by atoms with E-state index in [0.29, 0.717) is 29.3 Å². The highest BCUT2D eigenvalue weighted by Gasteiger charge is 2.23. The summed E-state index contributed by atoms with van der Waals surface area (Å²) in [4.78, 5) is 13.6. The van der Waals surface area contributed by atoms with Gasteiger partial charge in [-0.25, -0.2) is 8.42 Å². The molecule has 0 N–H and O–H groups in total. The van der Waals surface area contributed by atoms with Crippen molar-refractivity contribution in [1.29, 1.82) is 0 Å². The van der Waals surface area contributed by atoms with E-state index in [1.165, 1.54) is 19.2 Å². The van der Waals surface area contributed by atoms with Crippen molar-refractivity contribution in [3.8, 4) is 5.75 Å². The maximum atomic E-state index is 12.7. The molecule has 0 radical (unpaired) electrons. The number of nitrogens with zero attached hydrogens (tertiary/aromatic N) is 1. The molecule has 7 heteroatoms. The molecule has 2 aromatic carbocycles. The number of hydrogen-bond donors (Lipinski definition) is 0. The summed E-state index contributed by atoms with van der Waals surface area (Å²) in [6, 6.07) is 11.5. The minimum atomic E-state index is -3.56. The van der Waals surface area contributed by atoms with E-state index in [1.54, 1.807) is 35.2 Å². The maximum Gasteiger partial charge on any atom is 0.227 e. The predicted molar refractivity (Wildman–Crippen MR) is 96.9 cm³/mol. The minimum absolute atomic E-state index is 0.0683. The van der Waals surface area contributed by atoms with Gasteiger partial charge in [0.15, 0.2) is 9.84 Å². The first-order valence-corrected chi connectivity index (χ1v) is 9.90. The van der Waals surface area contributed by atoms with Crippen molar-refractivity contribution < 1.29 is 17.9 Å². The minimum Gasteiger partial charge on any atom is -0.495 e. The molecule has 2 aromatic rings. The van der Waals surface area contributed by atoms with Crippen molar-refractivity contribution >= 4 is 33.0 Å². The lowest BCUT2D eigenvalue weighted by molar-refractivity contribution is -0.117. The molecule has 1 aliphatic rings.